The van der Waals surface area contributed by atoms with E-state index in [1.165, 1.54) is 18.2 Å². The number of likely N-dealkylation sites (tertiary alicyclic amines) is 1. The topological polar surface area (TPSA) is 61.2 Å². The van der Waals surface area contributed by atoms with Crippen molar-refractivity contribution in [1.82, 2.24) is 4.90 Å². The summed E-state index contributed by atoms with van der Waals surface area (Å²) in [6, 6.07) is 5.89. The molecule has 0 aromatic heterocycles. The molecule has 4 nitrogen and oxygen atoms in total. The molecule has 20 heavy (non-hydrogen) atoms. The number of carbonyl (C=O) groups is 2. The van der Waals surface area contributed by atoms with Gasteiger partial charge in [-0.05, 0) is 31.0 Å². The third-order valence-corrected chi connectivity index (χ3v) is 4.19. The third-order valence-electron chi connectivity index (χ3n) is 4.19. The molecule has 2 amide bonds. The van der Waals surface area contributed by atoms with Crippen molar-refractivity contribution in [3.63, 3.8) is 0 Å². The number of rotatable bonds is 2. The van der Waals surface area contributed by atoms with Gasteiger partial charge in [0.05, 0.1) is 30.0 Å². The van der Waals surface area contributed by atoms with Crippen LogP contribution in [0.15, 0.2) is 18.2 Å². The fourth-order valence-corrected chi connectivity index (χ4v) is 3.15. The first-order valence-electron chi connectivity index (χ1n) is 6.65. The maximum Gasteiger partial charge on any atom is 0.233 e. The van der Waals surface area contributed by atoms with Crippen molar-refractivity contribution >= 4 is 11.8 Å². The van der Waals surface area contributed by atoms with E-state index >= 15 is 0 Å². The van der Waals surface area contributed by atoms with Gasteiger partial charge < -0.3 is 0 Å². The summed E-state index contributed by atoms with van der Waals surface area (Å²) >= 11 is 0. The molecular weight excluding hydrogens is 259 g/mol. The fourth-order valence-electron chi connectivity index (χ4n) is 3.15. The molecule has 0 spiro atoms. The molecule has 1 aliphatic carbocycles. The monoisotopic (exact) mass is 272 g/mol. The first-order chi connectivity index (χ1) is 9.61. The zero-order valence-electron chi connectivity index (χ0n) is 10.8. The van der Waals surface area contributed by atoms with Gasteiger partial charge in [0.2, 0.25) is 11.8 Å². The number of benzene rings is 1. The van der Waals surface area contributed by atoms with Crippen LogP contribution in [-0.2, 0) is 16.1 Å². The summed E-state index contributed by atoms with van der Waals surface area (Å²) in [5, 5.41) is 8.83. The molecule has 2 aliphatic rings. The van der Waals surface area contributed by atoms with Crippen LogP contribution in [-0.4, -0.2) is 16.7 Å². The minimum absolute atomic E-state index is 0.0774. The van der Waals surface area contributed by atoms with Crippen LogP contribution >= 0.6 is 0 Å². The van der Waals surface area contributed by atoms with Crippen LogP contribution in [0.3, 0.4) is 0 Å². The minimum atomic E-state index is -0.498. The zero-order chi connectivity index (χ0) is 14.3. The molecule has 1 aliphatic heterocycles. The number of fused-ring (bicyclic) bond motifs is 1. The van der Waals surface area contributed by atoms with Crippen LogP contribution < -0.4 is 0 Å². The molecule has 1 saturated carbocycles. The molecule has 1 aromatic carbocycles. The van der Waals surface area contributed by atoms with Crippen LogP contribution in [0.25, 0.3) is 0 Å². The average molecular weight is 272 g/mol. The Kier molecular flexibility index (Phi) is 3.01. The van der Waals surface area contributed by atoms with E-state index in [1.807, 2.05) is 6.07 Å². The lowest BCUT2D eigenvalue weighted by molar-refractivity contribution is -0.141. The molecule has 2 atom stereocenters. The van der Waals surface area contributed by atoms with Gasteiger partial charge in [0, 0.05) is 5.56 Å². The highest BCUT2D eigenvalue weighted by Crippen LogP contribution is 2.40. The van der Waals surface area contributed by atoms with Crippen LogP contribution in [0.5, 0.6) is 0 Å². The summed E-state index contributed by atoms with van der Waals surface area (Å²) in [6.07, 6.45) is 2.39. The molecule has 2 unspecified atom stereocenters. The second-order valence-electron chi connectivity index (χ2n) is 5.32. The molecule has 5 heteroatoms. The summed E-state index contributed by atoms with van der Waals surface area (Å²) in [5.74, 6) is -1.32. The van der Waals surface area contributed by atoms with Crippen LogP contribution in [0.2, 0.25) is 0 Å². The van der Waals surface area contributed by atoms with E-state index in [9.17, 15) is 14.0 Å². The SMILES string of the molecule is N#Cc1ccc(F)c(CN2C(=O)C3CCCC3C2=O)c1. The summed E-state index contributed by atoms with van der Waals surface area (Å²) in [5.41, 5.74) is 0.534. The van der Waals surface area contributed by atoms with Gasteiger partial charge in [-0.2, -0.15) is 5.26 Å². The number of halogens is 1. The molecule has 3 rings (SSSR count). The Hall–Kier alpha value is -2.22. The molecular formula is C15H13FN2O2. The van der Waals surface area contributed by atoms with Gasteiger partial charge in [0.15, 0.2) is 0 Å². The van der Waals surface area contributed by atoms with Gasteiger partial charge in [-0.3, -0.25) is 14.5 Å². The van der Waals surface area contributed by atoms with Gasteiger partial charge in [-0.15, -0.1) is 0 Å². The van der Waals surface area contributed by atoms with Crippen LogP contribution in [0, 0.1) is 29.0 Å². The number of carbonyl (C=O) groups excluding carboxylic acids is 2. The molecule has 1 saturated heterocycles. The Morgan fingerprint density at radius 2 is 1.90 bits per heavy atom. The van der Waals surface area contributed by atoms with E-state index in [4.69, 9.17) is 5.26 Å². The molecule has 1 aromatic rings. The van der Waals surface area contributed by atoms with Gasteiger partial charge in [0.1, 0.15) is 5.82 Å². The zero-order valence-corrected chi connectivity index (χ0v) is 10.8. The lowest BCUT2D eigenvalue weighted by Gasteiger charge is -2.16. The second-order valence-corrected chi connectivity index (χ2v) is 5.32. The number of nitrogens with zero attached hydrogens (tertiary/aromatic N) is 2. The fraction of sp³-hybridized carbons (Fsp3) is 0.400. The van der Waals surface area contributed by atoms with Gasteiger partial charge in [-0.1, -0.05) is 6.42 Å². The number of imide groups is 1. The predicted molar refractivity (Wildman–Crippen MR) is 67.5 cm³/mol. The molecule has 0 bridgehead atoms. The Bertz CT molecular complexity index is 613. The lowest BCUT2D eigenvalue weighted by Crippen LogP contribution is -2.31. The highest BCUT2D eigenvalue weighted by atomic mass is 19.1. The Morgan fingerprint density at radius 1 is 1.25 bits per heavy atom. The third kappa shape index (κ3) is 1.88. The maximum absolute atomic E-state index is 13.7. The molecule has 1 heterocycles. The second kappa shape index (κ2) is 4.71. The quantitative estimate of drug-likeness (QED) is 0.773. The summed E-state index contributed by atoms with van der Waals surface area (Å²) < 4.78 is 13.7. The Morgan fingerprint density at radius 3 is 2.50 bits per heavy atom. The van der Waals surface area contributed by atoms with E-state index < -0.39 is 5.82 Å². The highest BCUT2D eigenvalue weighted by Gasteiger charge is 2.49. The normalized spacial score (nSPS) is 24.9. The number of hydrogen-bond donors (Lipinski definition) is 0. The van der Waals surface area contributed by atoms with E-state index in [1.54, 1.807) is 0 Å². The van der Waals surface area contributed by atoms with Gasteiger partial charge in [-0.25, -0.2) is 4.39 Å². The first kappa shape index (κ1) is 12.8. The highest BCUT2D eigenvalue weighted by molar-refractivity contribution is 6.05. The number of nitriles is 1. The van der Waals surface area contributed by atoms with Crippen molar-refractivity contribution in [3.8, 4) is 6.07 Å². The van der Waals surface area contributed by atoms with Crippen molar-refractivity contribution in [3.05, 3.63) is 35.1 Å². The Labute approximate surface area is 115 Å². The van der Waals surface area contributed by atoms with Crippen LogP contribution in [0.4, 0.5) is 4.39 Å². The van der Waals surface area contributed by atoms with E-state index in [2.05, 4.69) is 0 Å². The Balaban J connectivity index is 1.87. The average Bonchev–Trinajstić information content (AvgIpc) is 3.01. The standard InChI is InChI=1S/C15H13FN2O2/c16-13-5-4-9(7-17)6-10(13)8-18-14(19)11-2-1-3-12(11)15(18)20/h4-6,11-12H,1-3,8H2. The largest absolute Gasteiger partial charge is 0.278 e. The molecule has 2 fully saturated rings. The van der Waals surface area contributed by atoms with Crippen LogP contribution in [0.1, 0.15) is 30.4 Å². The lowest BCUT2D eigenvalue weighted by atomic mass is 10.00. The summed E-state index contributed by atoms with van der Waals surface area (Å²) in [7, 11) is 0. The van der Waals surface area contributed by atoms with Crippen molar-refractivity contribution in [2.24, 2.45) is 11.8 Å². The van der Waals surface area contributed by atoms with E-state index in [-0.39, 0.29) is 35.8 Å². The van der Waals surface area contributed by atoms with E-state index in [0.29, 0.717) is 5.56 Å². The van der Waals surface area contributed by atoms with E-state index in [0.717, 1.165) is 24.2 Å². The van der Waals surface area contributed by atoms with Gasteiger partial charge >= 0.3 is 0 Å². The minimum Gasteiger partial charge on any atom is -0.278 e. The molecule has 0 N–H and O–H groups in total. The summed E-state index contributed by atoms with van der Waals surface area (Å²) in [4.78, 5) is 25.5. The number of amides is 2. The van der Waals surface area contributed by atoms with Crippen molar-refractivity contribution in [2.45, 2.75) is 25.8 Å². The van der Waals surface area contributed by atoms with Gasteiger partial charge in [0.25, 0.3) is 0 Å². The smallest absolute Gasteiger partial charge is 0.233 e. The van der Waals surface area contributed by atoms with Crippen molar-refractivity contribution < 1.29 is 14.0 Å². The summed E-state index contributed by atoms with van der Waals surface area (Å²) in [6.45, 7) is -0.0774. The number of hydrogen-bond acceptors (Lipinski definition) is 3. The molecule has 102 valence electrons. The molecule has 0 radical (unpaired) electrons. The van der Waals surface area contributed by atoms with Crippen molar-refractivity contribution in [2.75, 3.05) is 0 Å². The maximum atomic E-state index is 13.7. The van der Waals surface area contributed by atoms with Crippen molar-refractivity contribution in [1.29, 1.82) is 5.26 Å². The first-order valence-corrected chi connectivity index (χ1v) is 6.65. The predicted octanol–water partition coefficient (Wildman–Crippen LogP) is 1.98.